The predicted molar refractivity (Wildman–Crippen MR) is 94.9 cm³/mol. The second-order valence-corrected chi connectivity index (χ2v) is 6.68. The highest BCUT2D eigenvalue weighted by Gasteiger charge is 2.31. The molecule has 0 saturated carbocycles. The standard InChI is InChI=1S/C18H13Cl2F3N2O2/c1-17(9-24,25-16(26)14-7-4-12(19)8-15(14)20)10-27-13-5-2-11(3-6-13)18(21,22)23/h2-8H,10H2,1H3,(H,25,26). The molecule has 0 aliphatic heterocycles. The summed E-state index contributed by atoms with van der Waals surface area (Å²) < 4.78 is 43.0. The van der Waals surface area contributed by atoms with Crippen molar-refractivity contribution in [2.24, 2.45) is 0 Å². The van der Waals surface area contributed by atoms with E-state index in [1.807, 2.05) is 6.07 Å². The van der Waals surface area contributed by atoms with E-state index in [9.17, 15) is 23.2 Å². The third kappa shape index (κ3) is 5.52. The van der Waals surface area contributed by atoms with E-state index in [1.165, 1.54) is 25.1 Å². The molecule has 27 heavy (non-hydrogen) atoms. The highest BCUT2D eigenvalue weighted by atomic mass is 35.5. The molecule has 1 unspecified atom stereocenters. The van der Waals surface area contributed by atoms with E-state index in [2.05, 4.69) is 5.32 Å². The molecule has 0 saturated heterocycles. The van der Waals surface area contributed by atoms with Crippen molar-refractivity contribution >= 4 is 29.1 Å². The van der Waals surface area contributed by atoms with Crippen LogP contribution in [0.15, 0.2) is 42.5 Å². The number of nitriles is 1. The number of halogens is 5. The van der Waals surface area contributed by atoms with Crippen molar-refractivity contribution in [2.45, 2.75) is 18.6 Å². The van der Waals surface area contributed by atoms with Gasteiger partial charge in [0, 0.05) is 5.02 Å². The van der Waals surface area contributed by atoms with E-state index in [0.717, 1.165) is 24.3 Å². The lowest BCUT2D eigenvalue weighted by atomic mass is 10.0. The number of nitrogens with one attached hydrogen (secondary N) is 1. The summed E-state index contributed by atoms with van der Waals surface area (Å²) in [5, 5.41) is 12.3. The van der Waals surface area contributed by atoms with Gasteiger partial charge in [0.05, 0.1) is 22.2 Å². The zero-order chi connectivity index (χ0) is 20.2. The monoisotopic (exact) mass is 416 g/mol. The minimum Gasteiger partial charge on any atom is -0.490 e. The molecule has 0 bridgehead atoms. The van der Waals surface area contributed by atoms with Crippen LogP contribution in [0.4, 0.5) is 13.2 Å². The summed E-state index contributed by atoms with van der Waals surface area (Å²) in [5.74, 6) is -0.486. The third-order valence-corrected chi connectivity index (χ3v) is 4.07. The average Bonchev–Trinajstić information content (AvgIpc) is 2.59. The van der Waals surface area contributed by atoms with Gasteiger partial charge < -0.3 is 10.1 Å². The van der Waals surface area contributed by atoms with Gasteiger partial charge in [-0.3, -0.25) is 4.79 Å². The van der Waals surface area contributed by atoms with Gasteiger partial charge >= 0.3 is 6.18 Å². The molecule has 142 valence electrons. The van der Waals surface area contributed by atoms with Crippen LogP contribution in [0, 0.1) is 11.3 Å². The molecule has 0 heterocycles. The minimum atomic E-state index is -4.45. The highest BCUT2D eigenvalue weighted by Crippen LogP contribution is 2.30. The largest absolute Gasteiger partial charge is 0.490 e. The van der Waals surface area contributed by atoms with E-state index in [4.69, 9.17) is 27.9 Å². The molecule has 0 fully saturated rings. The average molecular weight is 417 g/mol. The van der Waals surface area contributed by atoms with Crippen molar-refractivity contribution in [3.05, 3.63) is 63.6 Å². The van der Waals surface area contributed by atoms with Gasteiger partial charge in [-0.05, 0) is 49.4 Å². The fourth-order valence-corrected chi connectivity index (χ4v) is 2.55. The van der Waals surface area contributed by atoms with E-state index in [-0.39, 0.29) is 22.9 Å². The Morgan fingerprint density at radius 1 is 1.19 bits per heavy atom. The fourth-order valence-electron chi connectivity index (χ4n) is 2.06. The van der Waals surface area contributed by atoms with Crippen molar-refractivity contribution < 1.29 is 22.7 Å². The van der Waals surface area contributed by atoms with E-state index in [1.54, 1.807) is 0 Å². The van der Waals surface area contributed by atoms with Crippen LogP contribution in [-0.4, -0.2) is 18.1 Å². The Bertz CT molecular complexity index is 880. The van der Waals surface area contributed by atoms with Gasteiger partial charge in [-0.2, -0.15) is 18.4 Å². The van der Waals surface area contributed by atoms with Crippen LogP contribution in [0.25, 0.3) is 0 Å². The molecule has 0 radical (unpaired) electrons. The predicted octanol–water partition coefficient (Wildman–Crippen LogP) is 5.10. The number of rotatable bonds is 5. The number of ether oxygens (including phenoxy) is 1. The molecule has 1 atom stereocenters. The molecule has 4 nitrogen and oxygen atoms in total. The zero-order valence-electron chi connectivity index (χ0n) is 13.9. The van der Waals surface area contributed by atoms with Gasteiger partial charge in [0.1, 0.15) is 12.4 Å². The van der Waals surface area contributed by atoms with Crippen LogP contribution >= 0.6 is 23.2 Å². The lowest BCUT2D eigenvalue weighted by Crippen LogP contribution is -2.49. The first-order chi connectivity index (χ1) is 12.5. The summed E-state index contributed by atoms with van der Waals surface area (Å²) in [6.45, 7) is 1.13. The van der Waals surface area contributed by atoms with Crippen molar-refractivity contribution in [3.63, 3.8) is 0 Å². The van der Waals surface area contributed by atoms with Gasteiger partial charge in [-0.25, -0.2) is 0 Å². The SMILES string of the molecule is CC(C#N)(COc1ccc(C(F)(F)F)cc1)NC(=O)c1ccc(Cl)cc1Cl. The molecule has 9 heteroatoms. The second kappa shape index (κ2) is 8.07. The summed E-state index contributed by atoms with van der Waals surface area (Å²) in [5.41, 5.74) is -2.14. The normalized spacial score (nSPS) is 13.4. The van der Waals surface area contributed by atoms with E-state index in [0.29, 0.717) is 5.02 Å². The van der Waals surface area contributed by atoms with Gasteiger partial charge in [-0.15, -0.1) is 0 Å². The summed E-state index contributed by atoms with van der Waals surface area (Å²) in [7, 11) is 0. The number of nitrogens with zero attached hydrogens (tertiary/aromatic N) is 1. The summed E-state index contributed by atoms with van der Waals surface area (Å²) in [6, 6.07) is 10.2. The Hall–Kier alpha value is -2.43. The second-order valence-electron chi connectivity index (χ2n) is 5.83. The van der Waals surface area contributed by atoms with Gasteiger partial charge in [0.25, 0.3) is 5.91 Å². The molecule has 2 aromatic rings. The van der Waals surface area contributed by atoms with Crippen LogP contribution in [0.3, 0.4) is 0 Å². The molecule has 1 N–H and O–H groups in total. The van der Waals surface area contributed by atoms with Crippen LogP contribution in [0.1, 0.15) is 22.8 Å². The molecule has 1 amide bonds. The minimum absolute atomic E-state index is 0.115. The topological polar surface area (TPSA) is 62.1 Å². The summed E-state index contributed by atoms with van der Waals surface area (Å²) >= 11 is 11.7. The van der Waals surface area contributed by atoms with Crippen LogP contribution in [0.5, 0.6) is 5.75 Å². The quantitative estimate of drug-likeness (QED) is 0.736. The van der Waals surface area contributed by atoms with E-state index >= 15 is 0 Å². The van der Waals surface area contributed by atoms with Crippen molar-refractivity contribution in [1.82, 2.24) is 5.32 Å². The van der Waals surface area contributed by atoms with Crippen LogP contribution in [-0.2, 0) is 6.18 Å². The Kier molecular flexibility index (Phi) is 6.24. The molecule has 2 aromatic carbocycles. The Morgan fingerprint density at radius 3 is 2.33 bits per heavy atom. The van der Waals surface area contributed by atoms with E-state index < -0.39 is 23.2 Å². The van der Waals surface area contributed by atoms with Crippen LogP contribution < -0.4 is 10.1 Å². The lowest BCUT2D eigenvalue weighted by Gasteiger charge is -2.24. The third-order valence-electron chi connectivity index (χ3n) is 3.52. The van der Waals surface area contributed by atoms with Gasteiger partial charge in [0.15, 0.2) is 5.54 Å². The number of carbonyl (C=O) groups is 1. The van der Waals surface area contributed by atoms with Crippen molar-refractivity contribution in [1.29, 1.82) is 5.26 Å². The summed E-state index contributed by atoms with van der Waals surface area (Å²) in [4.78, 5) is 12.3. The Labute approximate surface area is 163 Å². The first-order valence-corrected chi connectivity index (χ1v) is 8.28. The summed E-state index contributed by atoms with van der Waals surface area (Å²) in [6.07, 6.45) is -4.45. The maximum absolute atomic E-state index is 12.6. The maximum Gasteiger partial charge on any atom is 0.416 e. The number of carbonyl (C=O) groups excluding carboxylic acids is 1. The molecular weight excluding hydrogens is 404 g/mol. The molecule has 0 aliphatic carbocycles. The molecule has 0 aromatic heterocycles. The number of amides is 1. The number of alkyl halides is 3. The van der Waals surface area contributed by atoms with Crippen molar-refractivity contribution in [2.75, 3.05) is 6.61 Å². The molecule has 0 aliphatic rings. The maximum atomic E-state index is 12.6. The Balaban J connectivity index is 2.06. The first-order valence-electron chi connectivity index (χ1n) is 7.53. The number of hydrogen-bond acceptors (Lipinski definition) is 3. The lowest BCUT2D eigenvalue weighted by molar-refractivity contribution is -0.137. The zero-order valence-corrected chi connectivity index (χ0v) is 15.4. The van der Waals surface area contributed by atoms with Crippen molar-refractivity contribution in [3.8, 4) is 11.8 Å². The highest BCUT2D eigenvalue weighted by molar-refractivity contribution is 6.36. The smallest absolute Gasteiger partial charge is 0.416 e. The van der Waals surface area contributed by atoms with Gasteiger partial charge in [-0.1, -0.05) is 23.2 Å². The number of benzene rings is 2. The molecule has 0 spiro atoms. The Morgan fingerprint density at radius 2 is 1.81 bits per heavy atom. The van der Waals surface area contributed by atoms with Crippen LogP contribution in [0.2, 0.25) is 10.0 Å². The molecule has 2 rings (SSSR count). The number of hydrogen-bond donors (Lipinski definition) is 1. The first kappa shape index (κ1) is 20.9. The molecular formula is C18H13Cl2F3N2O2. The fraction of sp³-hybridized carbons (Fsp3) is 0.222. The van der Waals surface area contributed by atoms with Gasteiger partial charge in [0.2, 0.25) is 0 Å².